The molecule has 2 N–H and O–H groups in total. The molecule has 0 aromatic heterocycles. The van der Waals surface area contributed by atoms with Crippen LogP contribution in [0, 0.1) is 0 Å². The van der Waals surface area contributed by atoms with E-state index in [2.05, 4.69) is 15.6 Å². The Bertz CT molecular complexity index is 196. The van der Waals surface area contributed by atoms with Crippen LogP contribution in [0.4, 0.5) is 0 Å². The second kappa shape index (κ2) is 2.35. The highest BCUT2D eigenvalue weighted by Crippen LogP contribution is 2.16. The van der Waals surface area contributed by atoms with Crippen molar-refractivity contribution in [1.29, 1.82) is 0 Å². The molecule has 1 aliphatic rings. The third-order valence-corrected chi connectivity index (χ3v) is 1.59. The number of hydrogen-bond acceptors (Lipinski definition) is 3. The lowest BCUT2D eigenvalue weighted by atomic mass is 10.1. The molecular weight excluding hydrogens is 162 g/mol. The summed E-state index contributed by atoms with van der Waals surface area (Å²) < 4.78 is 0. The van der Waals surface area contributed by atoms with Crippen molar-refractivity contribution < 1.29 is 0 Å². The smallest absolute Gasteiger partial charge is 0.194 e. The van der Waals surface area contributed by atoms with Crippen LogP contribution in [0.2, 0.25) is 0 Å². The molecule has 3 nitrogen and oxygen atoms in total. The summed E-state index contributed by atoms with van der Waals surface area (Å²) in [6, 6.07) is 0. The Morgan fingerprint density at radius 3 is 2.18 bits per heavy atom. The summed E-state index contributed by atoms with van der Waals surface area (Å²) in [7, 11) is 0. The van der Waals surface area contributed by atoms with Crippen LogP contribution in [-0.4, -0.2) is 16.6 Å². The van der Waals surface area contributed by atoms with Gasteiger partial charge < -0.3 is 5.32 Å². The summed E-state index contributed by atoms with van der Waals surface area (Å²) in [5, 5.41) is 6.77. The first-order valence-electron chi connectivity index (χ1n) is 3.64. The van der Waals surface area contributed by atoms with E-state index in [1.54, 1.807) is 0 Å². The van der Waals surface area contributed by atoms with Gasteiger partial charge in [0.15, 0.2) is 5.29 Å². The van der Waals surface area contributed by atoms with Crippen LogP contribution in [0.5, 0.6) is 0 Å². The third-order valence-electron chi connectivity index (χ3n) is 1.41. The molecule has 0 radical (unpaired) electrons. The Balaban J connectivity index is 2.86. The van der Waals surface area contributed by atoms with Crippen molar-refractivity contribution in [3.05, 3.63) is 0 Å². The van der Waals surface area contributed by atoms with Crippen LogP contribution in [0.1, 0.15) is 27.7 Å². The number of rotatable bonds is 0. The molecule has 0 amide bonds. The molecule has 0 aromatic rings. The van der Waals surface area contributed by atoms with Crippen molar-refractivity contribution >= 4 is 16.9 Å². The lowest BCUT2D eigenvalue weighted by molar-refractivity contribution is 0.238. The standard InChI is InChI=1S/C7H14ClN3/c1-6(2)9-5(8)10-7(3,4)11-6/h11H,1-4H3,(H,9,10). The van der Waals surface area contributed by atoms with E-state index in [1.165, 1.54) is 0 Å². The molecule has 0 saturated heterocycles. The minimum Gasteiger partial charge on any atom is -0.343 e. The molecule has 0 bridgehead atoms. The van der Waals surface area contributed by atoms with Gasteiger partial charge in [-0.2, -0.15) is 0 Å². The van der Waals surface area contributed by atoms with Crippen molar-refractivity contribution in [3.63, 3.8) is 0 Å². The second-order valence-electron chi connectivity index (χ2n) is 3.84. The summed E-state index contributed by atoms with van der Waals surface area (Å²) >= 11 is 5.78. The van der Waals surface area contributed by atoms with Gasteiger partial charge in [-0.05, 0) is 39.3 Å². The van der Waals surface area contributed by atoms with E-state index in [0.29, 0.717) is 5.29 Å². The molecule has 0 aliphatic carbocycles. The first-order valence-corrected chi connectivity index (χ1v) is 4.01. The Morgan fingerprint density at radius 2 is 1.82 bits per heavy atom. The molecule has 0 spiro atoms. The normalized spacial score (nSPS) is 27.2. The highest BCUT2D eigenvalue weighted by Gasteiger charge is 2.31. The SMILES string of the molecule is CC1(C)N=C(Cl)NC(C)(C)N1. The fourth-order valence-electron chi connectivity index (χ4n) is 1.36. The van der Waals surface area contributed by atoms with Crippen LogP contribution in [-0.2, 0) is 0 Å². The molecule has 11 heavy (non-hydrogen) atoms. The largest absolute Gasteiger partial charge is 0.343 e. The molecule has 64 valence electrons. The summed E-state index contributed by atoms with van der Waals surface area (Å²) in [5.74, 6) is 0. The highest BCUT2D eigenvalue weighted by molar-refractivity contribution is 6.64. The van der Waals surface area contributed by atoms with Crippen LogP contribution in [0.3, 0.4) is 0 Å². The van der Waals surface area contributed by atoms with Crippen LogP contribution >= 0.6 is 11.6 Å². The number of nitrogens with one attached hydrogen (secondary N) is 2. The zero-order chi connectivity index (χ0) is 8.70. The van der Waals surface area contributed by atoms with Crippen molar-refractivity contribution in [3.8, 4) is 0 Å². The average Bonchev–Trinajstić information content (AvgIpc) is 1.49. The van der Waals surface area contributed by atoms with Crippen molar-refractivity contribution in [2.75, 3.05) is 0 Å². The lowest BCUT2D eigenvalue weighted by Crippen LogP contribution is -2.63. The zero-order valence-corrected chi connectivity index (χ0v) is 8.08. The fraction of sp³-hybridized carbons (Fsp3) is 0.857. The van der Waals surface area contributed by atoms with Crippen molar-refractivity contribution in [2.24, 2.45) is 4.99 Å². The number of amidine groups is 1. The lowest BCUT2D eigenvalue weighted by Gasteiger charge is -2.39. The summed E-state index contributed by atoms with van der Waals surface area (Å²) in [6.07, 6.45) is 0. The predicted molar refractivity (Wildman–Crippen MR) is 47.7 cm³/mol. The Kier molecular flexibility index (Phi) is 1.89. The molecule has 0 aromatic carbocycles. The van der Waals surface area contributed by atoms with Crippen LogP contribution < -0.4 is 10.6 Å². The number of aliphatic imine (C=N–C) groups is 1. The minimum atomic E-state index is -0.272. The molecule has 4 heteroatoms. The number of halogens is 1. The van der Waals surface area contributed by atoms with E-state index in [4.69, 9.17) is 11.6 Å². The Labute approximate surface area is 72.2 Å². The van der Waals surface area contributed by atoms with E-state index < -0.39 is 0 Å². The van der Waals surface area contributed by atoms with E-state index >= 15 is 0 Å². The van der Waals surface area contributed by atoms with Gasteiger partial charge in [-0.3, -0.25) is 5.32 Å². The van der Waals surface area contributed by atoms with Crippen LogP contribution in [0.15, 0.2) is 4.99 Å². The zero-order valence-electron chi connectivity index (χ0n) is 7.33. The summed E-state index contributed by atoms with van der Waals surface area (Å²) in [4.78, 5) is 4.17. The van der Waals surface area contributed by atoms with Crippen LogP contribution in [0.25, 0.3) is 0 Å². The minimum absolute atomic E-state index is 0.178. The third kappa shape index (κ3) is 2.34. The number of nitrogens with zero attached hydrogens (tertiary/aromatic N) is 1. The van der Waals surface area contributed by atoms with Gasteiger partial charge in [-0.25, -0.2) is 4.99 Å². The first-order chi connectivity index (χ1) is 4.81. The van der Waals surface area contributed by atoms with Gasteiger partial charge in [0.1, 0.15) is 5.66 Å². The predicted octanol–water partition coefficient (Wildman–Crippen LogP) is 1.25. The van der Waals surface area contributed by atoms with Gasteiger partial charge in [0.2, 0.25) is 0 Å². The van der Waals surface area contributed by atoms with Gasteiger partial charge in [0.25, 0.3) is 0 Å². The quantitative estimate of drug-likeness (QED) is 0.544. The summed E-state index contributed by atoms with van der Waals surface area (Å²) in [5.41, 5.74) is -0.450. The molecule has 1 heterocycles. The van der Waals surface area contributed by atoms with E-state index in [-0.39, 0.29) is 11.3 Å². The Hall–Kier alpha value is -0.280. The monoisotopic (exact) mass is 175 g/mol. The second-order valence-corrected chi connectivity index (χ2v) is 4.19. The van der Waals surface area contributed by atoms with Gasteiger partial charge in [0.05, 0.1) is 5.66 Å². The molecule has 1 aliphatic heterocycles. The first kappa shape index (κ1) is 8.81. The van der Waals surface area contributed by atoms with Gasteiger partial charge in [0, 0.05) is 0 Å². The number of hydrogen-bond donors (Lipinski definition) is 2. The molecule has 1 rings (SSSR count). The van der Waals surface area contributed by atoms with Gasteiger partial charge >= 0.3 is 0 Å². The maximum Gasteiger partial charge on any atom is 0.194 e. The topological polar surface area (TPSA) is 36.4 Å². The molecule has 0 fully saturated rings. The van der Waals surface area contributed by atoms with Gasteiger partial charge in [-0.1, -0.05) is 0 Å². The maximum atomic E-state index is 5.78. The molecule has 0 saturated carbocycles. The molecule has 0 atom stereocenters. The fourth-order valence-corrected chi connectivity index (χ4v) is 1.80. The molecular formula is C7H14ClN3. The average molecular weight is 176 g/mol. The van der Waals surface area contributed by atoms with E-state index in [1.807, 2.05) is 27.7 Å². The highest BCUT2D eigenvalue weighted by atomic mass is 35.5. The van der Waals surface area contributed by atoms with E-state index in [9.17, 15) is 0 Å². The molecule has 0 unspecified atom stereocenters. The Morgan fingerprint density at radius 1 is 1.27 bits per heavy atom. The van der Waals surface area contributed by atoms with Gasteiger partial charge in [-0.15, -0.1) is 0 Å². The van der Waals surface area contributed by atoms with E-state index in [0.717, 1.165) is 0 Å². The maximum absolute atomic E-state index is 5.78. The summed E-state index contributed by atoms with van der Waals surface area (Å²) in [6.45, 7) is 8.01. The van der Waals surface area contributed by atoms with Crippen molar-refractivity contribution in [2.45, 2.75) is 39.0 Å². The van der Waals surface area contributed by atoms with Crippen molar-refractivity contribution in [1.82, 2.24) is 10.6 Å².